The minimum atomic E-state index is -1.64. The molecule has 0 saturated carbocycles. The number of hydrogen-bond acceptors (Lipinski definition) is 4. The fraction of sp³-hybridized carbons (Fsp3) is 0.667. The molecule has 0 bridgehead atoms. The topological polar surface area (TPSA) is 43.7 Å². The number of nitrogens with zero attached hydrogens (tertiary/aromatic N) is 2. The van der Waals surface area contributed by atoms with E-state index in [1.165, 1.54) is 0 Å². The van der Waals surface area contributed by atoms with Gasteiger partial charge < -0.3 is 9.16 Å². The van der Waals surface area contributed by atoms with Gasteiger partial charge in [0.1, 0.15) is 5.15 Å². The summed E-state index contributed by atoms with van der Waals surface area (Å²) in [6, 6.07) is 3.89. The number of halogens is 1. The summed E-state index contributed by atoms with van der Waals surface area (Å²) in [6.45, 7) is 13.4. The molecular formula is C18H29ClN2O2Si. The third kappa shape index (κ3) is 5.38. The zero-order valence-electron chi connectivity index (χ0n) is 15.4. The molecule has 0 radical (unpaired) electrons. The monoisotopic (exact) mass is 368 g/mol. The third-order valence-electron chi connectivity index (χ3n) is 4.84. The van der Waals surface area contributed by atoms with Gasteiger partial charge in [-0.15, -0.1) is 0 Å². The van der Waals surface area contributed by atoms with Crippen molar-refractivity contribution in [1.29, 1.82) is 0 Å². The Morgan fingerprint density at radius 1 is 1.25 bits per heavy atom. The SMILES string of the molecule is CC(C)(C)[Si](C)(C)OCCCOCC1Cc2nc(Cl)ccc2C=N1. The highest BCUT2D eigenvalue weighted by atomic mass is 35.5. The summed E-state index contributed by atoms with van der Waals surface area (Å²) < 4.78 is 11.9. The van der Waals surface area contributed by atoms with Gasteiger partial charge in [-0.3, -0.25) is 4.99 Å². The number of aliphatic imine (C=N–C) groups is 1. The molecule has 2 heterocycles. The van der Waals surface area contributed by atoms with E-state index in [-0.39, 0.29) is 11.1 Å². The number of fused-ring (bicyclic) bond motifs is 1. The van der Waals surface area contributed by atoms with Gasteiger partial charge in [-0.1, -0.05) is 32.4 Å². The van der Waals surface area contributed by atoms with Gasteiger partial charge in [0.2, 0.25) is 0 Å². The summed E-state index contributed by atoms with van der Waals surface area (Å²) in [7, 11) is -1.64. The lowest BCUT2D eigenvalue weighted by Gasteiger charge is -2.36. The van der Waals surface area contributed by atoms with Crippen molar-refractivity contribution < 1.29 is 9.16 Å². The Balaban J connectivity index is 1.66. The van der Waals surface area contributed by atoms with Crippen molar-refractivity contribution in [1.82, 2.24) is 4.98 Å². The summed E-state index contributed by atoms with van der Waals surface area (Å²) >= 11 is 5.96. The van der Waals surface area contributed by atoms with Gasteiger partial charge >= 0.3 is 0 Å². The highest BCUT2D eigenvalue weighted by Crippen LogP contribution is 2.36. The predicted octanol–water partition coefficient (Wildman–Crippen LogP) is 4.51. The fourth-order valence-electron chi connectivity index (χ4n) is 2.25. The van der Waals surface area contributed by atoms with E-state index in [9.17, 15) is 0 Å². The summed E-state index contributed by atoms with van der Waals surface area (Å²) in [5, 5.41) is 0.790. The smallest absolute Gasteiger partial charge is 0.191 e. The van der Waals surface area contributed by atoms with Crippen LogP contribution in [0.4, 0.5) is 0 Å². The molecule has 1 unspecified atom stereocenters. The quantitative estimate of drug-likeness (QED) is 0.404. The molecule has 24 heavy (non-hydrogen) atoms. The number of ether oxygens (including phenoxy) is 1. The van der Waals surface area contributed by atoms with Crippen LogP contribution in [0.1, 0.15) is 38.4 Å². The Bertz CT molecular complexity index is 585. The molecular weight excluding hydrogens is 340 g/mol. The summed E-state index contributed by atoms with van der Waals surface area (Å²) in [5.41, 5.74) is 2.06. The van der Waals surface area contributed by atoms with Gasteiger partial charge in [-0.25, -0.2) is 4.98 Å². The minimum Gasteiger partial charge on any atom is -0.417 e. The van der Waals surface area contributed by atoms with Gasteiger partial charge in [0, 0.05) is 31.4 Å². The van der Waals surface area contributed by atoms with Crippen LogP contribution in [0.2, 0.25) is 23.3 Å². The second-order valence-electron chi connectivity index (χ2n) is 7.84. The lowest BCUT2D eigenvalue weighted by molar-refractivity contribution is 0.106. The molecule has 0 amide bonds. The van der Waals surface area contributed by atoms with Crippen molar-refractivity contribution in [2.45, 2.75) is 57.8 Å². The van der Waals surface area contributed by atoms with E-state index in [2.05, 4.69) is 43.8 Å². The largest absolute Gasteiger partial charge is 0.417 e. The first kappa shape index (κ1) is 19.6. The molecule has 1 aliphatic heterocycles. The van der Waals surface area contributed by atoms with Crippen LogP contribution in [0.5, 0.6) is 0 Å². The van der Waals surface area contributed by atoms with E-state index < -0.39 is 8.32 Å². The fourth-order valence-corrected chi connectivity index (χ4v) is 3.51. The number of aromatic nitrogens is 1. The van der Waals surface area contributed by atoms with Crippen LogP contribution >= 0.6 is 11.6 Å². The summed E-state index contributed by atoms with van der Waals surface area (Å²) in [4.78, 5) is 8.91. The van der Waals surface area contributed by atoms with E-state index in [4.69, 9.17) is 20.8 Å². The maximum atomic E-state index is 6.15. The molecule has 4 nitrogen and oxygen atoms in total. The molecule has 1 aliphatic rings. The average molecular weight is 369 g/mol. The van der Waals surface area contributed by atoms with E-state index in [0.717, 1.165) is 30.7 Å². The Morgan fingerprint density at radius 3 is 2.71 bits per heavy atom. The van der Waals surface area contributed by atoms with E-state index in [1.54, 1.807) is 6.07 Å². The standard InChI is InChI=1S/C18H29ClN2O2Si/c1-18(2,3)24(4,5)23-10-6-9-22-13-15-11-16-14(12-20-15)7-8-17(19)21-16/h7-8,12,15H,6,9-11,13H2,1-5H3. The van der Waals surface area contributed by atoms with Gasteiger partial charge in [-0.2, -0.15) is 0 Å². The van der Waals surface area contributed by atoms with Crippen LogP contribution in [0.3, 0.4) is 0 Å². The first-order valence-corrected chi connectivity index (χ1v) is 11.9. The van der Waals surface area contributed by atoms with Crippen LogP contribution in [-0.4, -0.2) is 45.4 Å². The minimum absolute atomic E-state index is 0.129. The summed E-state index contributed by atoms with van der Waals surface area (Å²) in [6.07, 6.45) is 3.58. The molecule has 1 aromatic heterocycles. The molecule has 134 valence electrons. The highest BCUT2D eigenvalue weighted by Gasteiger charge is 2.36. The Kier molecular flexibility index (Phi) is 6.59. The van der Waals surface area contributed by atoms with Crippen molar-refractivity contribution in [3.8, 4) is 0 Å². The second kappa shape index (κ2) is 8.08. The lowest BCUT2D eigenvalue weighted by Crippen LogP contribution is -2.41. The zero-order chi connectivity index (χ0) is 17.8. The summed E-state index contributed by atoms with van der Waals surface area (Å²) in [5.74, 6) is 0. The first-order valence-electron chi connectivity index (χ1n) is 8.59. The predicted molar refractivity (Wildman–Crippen MR) is 103 cm³/mol. The molecule has 0 aromatic carbocycles. The van der Waals surface area contributed by atoms with Crippen LogP contribution < -0.4 is 0 Å². The molecule has 0 saturated heterocycles. The maximum Gasteiger partial charge on any atom is 0.191 e. The van der Waals surface area contributed by atoms with Crippen molar-refractivity contribution in [2.75, 3.05) is 19.8 Å². The lowest BCUT2D eigenvalue weighted by atomic mass is 10.0. The number of rotatable bonds is 7. The molecule has 1 atom stereocenters. The van der Waals surface area contributed by atoms with Gasteiger partial charge in [0.05, 0.1) is 18.3 Å². The third-order valence-corrected chi connectivity index (χ3v) is 9.59. The number of hydrogen-bond donors (Lipinski definition) is 0. The van der Waals surface area contributed by atoms with E-state index in [1.807, 2.05) is 12.3 Å². The Morgan fingerprint density at radius 2 is 2.00 bits per heavy atom. The van der Waals surface area contributed by atoms with Crippen LogP contribution in [0, 0.1) is 0 Å². The molecule has 0 spiro atoms. The average Bonchev–Trinajstić information content (AvgIpc) is 2.49. The van der Waals surface area contributed by atoms with Crippen LogP contribution in [-0.2, 0) is 15.6 Å². The highest BCUT2D eigenvalue weighted by molar-refractivity contribution is 6.74. The second-order valence-corrected chi connectivity index (χ2v) is 13.0. The van der Waals surface area contributed by atoms with Crippen molar-refractivity contribution >= 4 is 26.1 Å². The molecule has 1 aromatic rings. The van der Waals surface area contributed by atoms with E-state index in [0.29, 0.717) is 18.4 Å². The van der Waals surface area contributed by atoms with Crippen molar-refractivity contribution in [3.63, 3.8) is 0 Å². The molecule has 0 fully saturated rings. The molecule has 2 rings (SSSR count). The molecule has 0 N–H and O–H groups in total. The van der Waals surface area contributed by atoms with Crippen LogP contribution in [0.25, 0.3) is 0 Å². The Labute approximate surface area is 151 Å². The molecule has 0 aliphatic carbocycles. The van der Waals surface area contributed by atoms with Gasteiger partial charge in [0.15, 0.2) is 8.32 Å². The maximum absolute atomic E-state index is 6.15. The van der Waals surface area contributed by atoms with Crippen molar-refractivity contribution in [3.05, 3.63) is 28.5 Å². The first-order chi connectivity index (χ1) is 11.2. The normalized spacial score (nSPS) is 17.8. The van der Waals surface area contributed by atoms with Gasteiger partial charge in [0.25, 0.3) is 0 Å². The van der Waals surface area contributed by atoms with Crippen LogP contribution in [0.15, 0.2) is 17.1 Å². The van der Waals surface area contributed by atoms with Gasteiger partial charge in [-0.05, 0) is 36.7 Å². The zero-order valence-corrected chi connectivity index (χ0v) is 17.2. The van der Waals surface area contributed by atoms with E-state index >= 15 is 0 Å². The Hall–Kier alpha value is -0.753. The number of pyridine rings is 1. The molecule has 6 heteroatoms. The van der Waals surface area contributed by atoms with Crippen molar-refractivity contribution in [2.24, 2.45) is 4.99 Å².